The topological polar surface area (TPSA) is 29.3 Å². The third-order valence-corrected chi connectivity index (χ3v) is 5.42. The fourth-order valence-electron chi connectivity index (χ4n) is 4.38. The average Bonchev–Trinajstić information content (AvgIpc) is 2.50. The van der Waals surface area contributed by atoms with Gasteiger partial charge in [0.2, 0.25) is 0 Å². The van der Waals surface area contributed by atoms with Gasteiger partial charge in [-0.25, -0.2) is 0 Å². The van der Waals surface area contributed by atoms with Crippen LogP contribution in [0.4, 0.5) is 5.69 Å². The zero-order valence-corrected chi connectivity index (χ0v) is 14.2. The first-order valence-corrected chi connectivity index (χ1v) is 8.59. The van der Waals surface area contributed by atoms with Gasteiger partial charge in [-0.15, -0.1) is 0 Å². The fraction of sp³-hybridized carbons (Fsp3) is 0.684. The van der Waals surface area contributed by atoms with Crippen molar-refractivity contribution in [2.24, 2.45) is 17.6 Å². The number of hydrogen-bond acceptors (Lipinski definition) is 2. The molecule has 0 heterocycles. The molecule has 2 rings (SSSR count). The lowest BCUT2D eigenvalue weighted by Crippen LogP contribution is -2.61. The molecule has 0 spiro atoms. The summed E-state index contributed by atoms with van der Waals surface area (Å²) in [5.74, 6) is 1.38. The lowest BCUT2D eigenvalue weighted by molar-refractivity contribution is 0.137. The van der Waals surface area contributed by atoms with E-state index in [1.165, 1.54) is 36.9 Å². The van der Waals surface area contributed by atoms with Crippen LogP contribution in [0, 0.1) is 18.8 Å². The Morgan fingerprint density at radius 1 is 1.24 bits per heavy atom. The highest BCUT2D eigenvalue weighted by atomic mass is 15.2. The van der Waals surface area contributed by atoms with Crippen molar-refractivity contribution in [2.45, 2.75) is 58.9 Å². The number of nitrogens with zero attached hydrogens (tertiary/aromatic N) is 1. The van der Waals surface area contributed by atoms with Crippen LogP contribution in [0.1, 0.15) is 52.0 Å². The molecule has 0 aromatic heterocycles. The summed E-state index contributed by atoms with van der Waals surface area (Å²) in [6, 6.07) is 8.97. The molecule has 1 aliphatic carbocycles. The lowest BCUT2D eigenvalue weighted by atomic mass is 9.66. The van der Waals surface area contributed by atoms with Crippen molar-refractivity contribution in [2.75, 3.05) is 18.0 Å². The third kappa shape index (κ3) is 3.11. The van der Waals surface area contributed by atoms with Gasteiger partial charge in [0.1, 0.15) is 0 Å². The first kappa shape index (κ1) is 16.4. The Hall–Kier alpha value is -1.02. The maximum atomic E-state index is 6.37. The molecule has 0 aliphatic heterocycles. The molecule has 2 unspecified atom stereocenters. The van der Waals surface area contributed by atoms with E-state index < -0.39 is 0 Å². The summed E-state index contributed by atoms with van der Waals surface area (Å²) < 4.78 is 0. The Morgan fingerprint density at radius 3 is 2.43 bits per heavy atom. The number of anilines is 1. The molecular formula is C19H32N2. The van der Waals surface area contributed by atoms with Gasteiger partial charge in [-0.05, 0) is 50.7 Å². The second kappa shape index (κ2) is 6.83. The van der Waals surface area contributed by atoms with Gasteiger partial charge in [0.15, 0.2) is 0 Å². The predicted molar refractivity (Wildman–Crippen MR) is 92.8 cm³/mol. The van der Waals surface area contributed by atoms with Crippen LogP contribution in [-0.4, -0.2) is 18.6 Å². The van der Waals surface area contributed by atoms with Gasteiger partial charge >= 0.3 is 0 Å². The summed E-state index contributed by atoms with van der Waals surface area (Å²) in [5, 5.41) is 0. The molecule has 118 valence electrons. The second-order valence-electron chi connectivity index (χ2n) is 6.98. The maximum Gasteiger partial charge on any atom is 0.0554 e. The van der Waals surface area contributed by atoms with Crippen molar-refractivity contribution < 1.29 is 0 Å². The summed E-state index contributed by atoms with van der Waals surface area (Å²) in [7, 11) is 0. The Kier molecular flexibility index (Phi) is 5.32. The quantitative estimate of drug-likeness (QED) is 0.872. The van der Waals surface area contributed by atoms with Crippen LogP contribution in [0.5, 0.6) is 0 Å². The zero-order chi connectivity index (χ0) is 15.5. The van der Waals surface area contributed by atoms with Crippen molar-refractivity contribution in [3.05, 3.63) is 29.8 Å². The van der Waals surface area contributed by atoms with Crippen molar-refractivity contribution in [1.82, 2.24) is 0 Å². The van der Waals surface area contributed by atoms with E-state index in [2.05, 4.69) is 56.9 Å². The van der Waals surface area contributed by atoms with E-state index in [9.17, 15) is 0 Å². The van der Waals surface area contributed by atoms with Crippen LogP contribution >= 0.6 is 0 Å². The minimum absolute atomic E-state index is 0.135. The molecule has 0 bridgehead atoms. The molecule has 0 radical (unpaired) electrons. The first-order valence-electron chi connectivity index (χ1n) is 8.59. The number of likely N-dealkylation sites (N-methyl/N-ethyl adjacent to an activating group) is 1. The predicted octanol–water partition coefficient (Wildman–Crippen LogP) is 4.37. The summed E-state index contributed by atoms with van der Waals surface area (Å²) in [6.45, 7) is 10.9. The lowest BCUT2D eigenvalue weighted by Gasteiger charge is -2.53. The number of rotatable bonds is 5. The molecule has 2 nitrogen and oxygen atoms in total. The average molecular weight is 288 g/mol. The van der Waals surface area contributed by atoms with E-state index in [0.29, 0.717) is 11.8 Å². The van der Waals surface area contributed by atoms with Crippen LogP contribution in [0.3, 0.4) is 0 Å². The van der Waals surface area contributed by atoms with Crippen LogP contribution in [0.25, 0.3) is 0 Å². The van der Waals surface area contributed by atoms with E-state index >= 15 is 0 Å². The fourth-order valence-corrected chi connectivity index (χ4v) is 4.38. The molecule has 1 aromatic carbocycles. The van der Waals surface area contributed by atoms with E-state index in [-0.39, 0.29) is 5.54 Å². The highest BCUT2D eigenvalue weighted by Gasteiger charge is 2.45. The number of benzene rings is 1. The van der Waals surface area contributed by atoms with E-state index in [4.69, 9.17) is 5.73 Å². The Balaban J connectivity index is 2.41. The van der Waals surface area contributed by atoms with E-state index in [1.807, 2.05) is 0 Å². The van der Waals surface area contributed by atoms with Gasteiger partial charge in [-0.1, -0.05) is 44.4 Å². The van der Waals surface area contributed by atoms with Gasteiger partial charge in [0, 0.05) is 18.8 Å². The first-order chi connectivity index (χ1) is 10.0. The van der Waals surface area contributed by atoms with Crippen molar-refractivity contribution >= 4 is 5.69 Å². The van der Waals surface area contributed by atoms with Crippen LogP contribution in [-0.2, 0) is 0 Å². The van der Waals surface area contributed by atoms with Crippen molar-refractivity contribution in [1.29, 1.82) is 0 Å². The minimum atomic E-state index is 0.135. The van der Waals surface area contributed by atoms with Gasteiger partial charge in [0.05, 0.1) is 5.54 Å². The second-order valence-corrected chi connectivity index (χ2v) is 6.98. The van der Waals surface area contributed by atoms with Gasteiger partial charge in [-0.3, -0.25) is 0 Å². The largest absolute Gasteiger partial charge is 0.365 e. The molecular weight excluding hydrogens is 256 g/mol. The smallest absolute Gasteiger partial charge is 0.0554 e. The zero-order valence-electron chi connectivity index (χ0n) is 14.2. The minimum Gasteiger partial charge on any atom is -0.365 e. The molecule has 2 atom stereocenters. The number of aryl methyl sites for hydroxylation is 1. The maximum absolute atomic E-state index is 6.37. The molecule has 2 heteroatoms. The van der Waals surface area contributed by atoms with Gasteiger partial charge in [-0.2, -0.15) is 0 Å². The van der Waals surface area contributed by atoms with Gasteiger partial charge < -0.3 is 10.6 Å². The van der Waals surface area contributed by atoms with Gasteiger partial charge in [0.25, 0.3) is 0 Å². The Morgan fingerprint density at radius 2 is 1.90 bits per heavy atom. The highest BCUT2D eigenvalue weighted by molar-refractivity contribution is 5.51. The summed E-state index contributed by atoms with van der Waals surface area (Å²) in [6.07, 6.45) is 5.21. The molecule has 21 heavy (non-hydrogen) atoms. The van der Waals surface area contributed by atoms with E-state index in [0.717, 1.165) is 13.1 Å². The number of nitrogens with two attached hydrogens (primary N) is 1. The molecule has 1 fully saturated rings. The molecule has 1 aliphatic rings. The summed E-state index contributed by atoms with van der Waals surface area (Å²) in [4.78, 5) is 2.59. The molecule has 0 amide bonds. The highest BCUT2D eigenvalue weighted by Crippen LogP contribution is 2.43. The van der Waals surface area contributed by atoms with Crippen LogP contribution < -0.4 is 10.6 Å². The molecule has 2 N–H and O–H groups in total. The van der Waals surface area contributed by atoms with Crippen LogP contribution in [0.15, 0.2) is 24.3 Å². The van der Waals surface area contributed by atoms with Crippen molar-refractivity contribution in [3.8, 4) is 0 Å². The monoisotopic (exact) mass is 288 g/mol. The summed E-state index contributed by atoms with van der Waals surface area (Å²) >= 11 is 0. The summed E-state index contributed by atoms with van der Waals surface area (Å²) in [5.41, 5.74) is 9.16. The Labute approximate surface area is 130 Å². The molecule has 1 saturated carbocycles. The SMILES string of the molecule is CCN(c1ccc(C)cc1)C1(CN)CCCCC1C(C)C. The normalized spacial score (nSPS) is 26.1. The van der Waals surface area contributed by atoms with Crippen molar-refractivity contribution in [3.63, 3.8) is 0 Å². The number of hydrogen-bond donors (Lipinski definition) is 1. The molecule has 0 saturated heterocycles. The third-order valence-electron chi connectivity index (χ3n) is 5.42. The van der Waals surface area contributed by atoms with E-state index in [1.54, 1.807) is 0 Å². The van der Waals surface area contributed by atoms with Crippen LogP contribution in [0.2, 0.25) is 0 Å². The molecule has 1 aromatic rings. The standard InChI is InChI=1S/C19H32N2/c1-5-21(17-11-9-16(4)10-12-17)19(14-20)13-7-6-8-18(19)15(2)3/h9-12,15,18H,5-8,13-14,20H2,1-4H3. The Bertz CT molecular complexity index is 437.